The van der Waals surface area contributed by atoms with E-state index in [1.807, 2.05) is 13.8 Å². The zero-order valence-corrected chi connectivity index (χ0v) is 11.3. The molecule has 0 saturated carbocycles. The van der Waals surface area contributed by atoms with E-state index in [0.717, 1.165) is 6.42 Å². The lowest BCUT2D eigenvalue weighted by molar-refractivity contribution is -0.123. The Morgan fingerprint density at radius 1 is 1.35 bits per heavy atom. The Kier molecular flexibility index (Phi) is 9.03. The van der Waals surface area contributed by atoms with Gasteiger partial charge in [0.05, 0.1) is 12.6 Å². The molecule has 1 amide bonds. The first-order valence-electron chi connectivity index (χ1n) is 6.16. The number of methoxy groups -OCH3 is 1. The lowest BCUT2D eigenvalue weighted by Gasteiger charge is -2.24. The molecule has 17 heavy (non-hydrogen) atoms. The van der Waals surface area contributed by atoms with E-state index in [-0.39, 0.29) is 24.6 Å². The van der Waals surface area contributed by atoms with Crippen LogP contribution < -0.4 is 10.6 Å². The van der Waals surface area contributed by atoms with Gasteiger partial charge in [0, 0.05) is 26.3 Å². The summed E-state index contributed by atoms with van der Waals surface area (Å²) in [6, 6.07) is -0.341. The average Bonchev–Trinajstić information content (AvgIpc) is 2.30. The number of ether oxygens (including phenoxy) is 1. The Bertz CT molecular complexity index is 210. The van der Waals surface area contributed by atoms with Gasteiger partial charge in [0.25, 0.3) is 0 Å². The van der Waals surface area contributed by atoms with Crippen LogP contribution >= 0.6 is 0 Å². The van der Waals surface area contributed by atoms with Gasteiger partial charge in [0.1, 0.15) is 0 Å². The summed E-state index contributed by atoms with van der Waals surface area (Å²) in [5, 5.41) is 15.1. The predicted octanol–water partition coefficient (Wildman–Crippen LogP) is 0.134. The van der Waals surface area contributed by atoms with Crippen molar-refractivity contribution in [1.29, 1.82) is 0 Å². The molecular formula is C12H26N2O3. The Balaban J connectivity index is 3.87. The fourth-order valence-electron chi connectivity index (χ4n) is 1.43. The van der Waals surface area contributed by atoms with Crippen LogP contribution in [0.4, 0.5) is 0 Å². The van der Waals surface area contributed by atoms with Crippen molar-refractivity contribution in [3.63, 3.8) is 0 Å². The molecule has 0 radical (unpaired) electrons. The van der Waals surface area contributed by atoms with Crippen LogP contribution in [0.25, 0.3) is 0 Å². The Labute approximate surface area is 104 Å². The topological polar surface area (TPSA) is 70.6 Å². The minimum absolute atomic E-state index is 0.0406. The number of nitrogens with one attached hydrogen (secondary N) is 2. The summed E-state index contributed by atoms with van der Waals surface area (Å²) in [7, 11) is 1.64. The molecule has 0 saturated heterocycles. The van der Waals surface area contributed by atoms with Gasteiger partial charge in [0.15, 0.2) is 0 Å². The molecule has 0 aromatic carbocycles. The lowest BCUT2D eigenvalue weighted by Crippen LogP contribution is -2.49. The fourth-order valence-corrected chi connectivity index (χ4v) is 1.43. The highest BCUT2D eigenvalue weighted by atomic mass is 16.5. The van der Waals surface area contributed by atoms with Gasteiger partial charge < -0.3 is 20.5 Å². The van der Waals surface area contributed by atoms with Crippen molar-refractivity contribution in [2.75, 3.05) is 26.9 Å². The van der Waals surface area contributed by atoms with Gasteiger partial charge in [-0.25, -0.2) is 0 Å². The number of carbonyl (C=O) groups excluding carboxylic acids is 1. The van der Waals surface area contributed by atoms with Crippen molar-refractivity contribution >= 4 is 5.91 Å². The van der Waals surface area contributed by atoms with Crippen molar-refractivity contribution in [2.24, 2.45) is 5.92 Å². The van der Waals surface area contributed by atoms with Gasteiger partial charge >= 0.3 is 0 Å². The van der Waals surface area contributed by atoms with Gasteiger partial charge in [0.2, 0.25) is 5.91 Å². The highest BCUT2D eigenvalue weighted by Gasteiger charge is 2.19. The maximum absolute atomic E-state index is 11.7. The van der Waals surface area contributed by atoms with Crippen LogP contribution in [0, 0.1) is 5.92 Å². The van der Waals surface area contributed by atoms with Gasteiger partial charge in [-0.3, -0.25) is 4.79 Å². The molecule has 0 aromatic heterocycles. The number of hydrogen-bond acceptors (Lipinski definition) is 4. The first-order valence-corrected chi connectivity index (χ1v) is 6.16. The predicted molar refractivity (Wildman–Crippen MR) is 67.8 cm³/mol. The highest BCUT2D eigenvalue weighted by molar-refractivity contribution is 5.81. The SMILES string of the molecule is COCCCNC(=O)C(C)NC(CO)C(C)C. The van der Waals surface area contributed by atoms with E-state index in [2.05, 4.69) is 10.6 Å². The quantitative estimate of drug-likeness (QED) is 0.506. The summed E-state index contributed by atoms with van der Waals surface area (Å²) < 4.78 is 4.90. The van der Waals surface area contributed by atoms with Crippen LogP contribution in [0.2, 0.25) is 0 Å². The number of aliphatic hydroxyl groups is 1. The van der Waals surface area contributed by atoms with Crippen molar-refractivity contribution in [2.45, 2.75) is 39.3 Å². The number of hydrogen-bond donors (Lipinski definition) is 3. The summed E-state index contributed by atoms with van der Waals surface area (Å²) >= 11 is 0. The summed E-state index contributed by atoms with van der Waals surface area (Å²) in [6.45, 7) is 7.13. The third-order valence-electron chi connectivity index (χ3n) is 2.68. The molecule has 0 heterocycles. The number of carbonyl (C=O) groups is 1. The first-order chi connectivity index (χ1) is 8.02. The highest BCUT2D eigenvalue weighted by Crippen LogP contribution is 2.01. The van der Waals surface area contributed by atoms with E-state index in [9.17, 15) is 4.79 Å². The molecule has 3 N–H and O–H groups in total. The number of rotatable bonds is 9. The molecule has 0 aliphatic heterocycles. The fraction of sp³-hybridized carbons (Fsp3) is 0.917. The van der Waals surface area contributed by atoms with E-state index < -0.39 is 0 Å². The Morgan fingerprint density at radius 2 is 2.00 bits per heavy atom. The van der Waals surface area contributed by atoms with E-state index in [1.165, 1.54) is 0 Å². The third kappa shape index (κ3) is 7.31. The zero-order chi connectivity index (χ0) is 13.3. The Morgan fingerprint density at radius 3 is 2.47 bits per heavy atom. The maximum Gasteiger partial charge on any atom is 0.236 e. The molecule has 0 aliphatic rings. The average molecular weight is 246 g/mol. The van der Waals surface area contributed by atoms with Crippen LogP contribution in [0.5, 0.6) is 0 Å². The molecule has 5 nitrogen and oxygen atoms in total. The van der Waals surface area contributed by atoms with Crippen molar-refractivity contribution < 1.29 is 14.6 Å². The van der Waals surface area contributed by atoms with E-state index in [4.69, 9.17) is 9.84 Å². The maximum atomic E-state index is 11.7. The molecule has 2 unspecified atom stereocenters. The third-order valence-corrected chi connectivity index (χ3v) is 2.68. The van der Waals surface area contributed by atoms with Crippen LogP contribution in [-0.2, 0) is 9.53 Å². The molecule has 5 heteroatoms. The lowest BCUT2D eigenvalue weighted by atomic mass is 10.0. The minimum atomic E-state index is -0.294. The van der Waals surface area contributed by atoms with Gasteiger partial charge in [-0.2, -0.15) is 0 Å². The molecule has 0 aromatic rings. The molecule has 0 rings (SSSR count). The first kappa shape index (κ1) is 16.4. The second-order valence-electron chi connectivity index (χ2n) is 4.56. The smallest absolute Gasteiger partial charge is 0.236 e. The zero-order valence-electron chi connectivity index (χ0n) is 11.3. The summed E-state index contributed by atoms with van der Waals surface area (Å²) in [4.78, 5) is 11.7. The van der Waals surface area contributed by atoms with Crippen molar-refractivity contribution in [1.82, 2.24) is 10.6 Å². The van der Waals surface area contributed by atoms with Crippen LogP contribution in [-0.4, -0.2) is 50.0 Å². The monoisotopic (exact) mass is 246 g/mol. The summed E-state index contributed by atoms with van der Waals surface area (Å²) in [5.41, 5.74) is 0. The molecule has 0 bridgehead atoms. The van der Waals surface area contributed by atoms with Gasteiger partial charge in [-0.1, -0.05) is 13.8 Å². The van der Waals surface area contributed by atoms with E-state index >= 15 is 0 Å². The van der Waals surface area contributed by atoms with Crippen LogP contribution in [0.3, 0.4) is 0 Å². The summed E-state index contributed by atoms with van der Waals surface area (Å²) in [5.74, 6) is 0.254. The second-order valence-corrected chi connectivity index (χ2v) is 4.56. The molecule has 0 aliphatic carbocycles. The van der Waals surface area contributed by atoms with E-state index in [0.29, 0.717) is 19.1 Å². The van der Waals surface area contributed by atoms with Crippen molar-refractivity contribution in [3.8, 4) is 0 Å². The largest absolute Gasteiger partial charge is 0.395 e. The molecule has 2 atom stereocenters. The number of amides is 1. The number of aliphatic hydroxyl groups excluding tert-OH is 1. The normalized spacial score (nSPS) is 14.7. The molecular weight excluding hydrogens is 220 g/mol. The van der Waals surface area contributed by atoms with Crippen LogP contribution in [0.1, 0.15) is 27.2 Å². The minimum Gasteiger partial charge on any atom is -0.395 e. The molecule has 0 spiro atoms. The molecule has 102 valence electrons. The van der Waals surface area contributed by atoms with Gasteiger partial charge in [-0.15, -0.1) is 0 Å². The Hall–Kier alpha value is -0.650. The van der Waals surface area contributed by atoms with Gasteiger partial charge in [-0.05, 0) is 19.3 Å². The van der Waals surface area contributed by atoms with Crippen molar-refractivity contribution in [3.05, 3.63) is 0 Å². The second kappa shape index (κ2) is 9.39. The van der Waals surface area contributed by atoms with E-state index in [1.54, 1.807) is 14.0 Å². The summed E-state index contributed by atoms with van der Waals surface area (Å²) in [6.07, 6.45) is 0.808. The standard InChI is InChI=1S/C12H26N2O3/c1-9(2)11(8-15)14-10(3)12(16)13-6-5-7-17-4/h9-11,14-15H,5-8H2,1-4H3,(H,13,16). The van der Waals surface area contributed by atoms with Crippen LogP contribution in [0.15, 0.2) is 0 Å². The molecule has 0 fully saturated rings.